The fourth-order valence-electron chi connectivity index (χ4n) is 9.33. The number of hydrogen-bond acceptors (Lipinski definition) is 2. The number of halogens is 3. The molecular weight excluding hydrogens is 533 g/mol. The first-order valence-electron chi connectivity index (χ1n) is 17.0. The van der Waals surface area contributed by atoms with Crippen molar-refractivity contribution in [2.75, 3.05) is 0 Å². The van der Waals surface area contributed by atoms with E-state index in [2.05, 4.69) is 38.8 Å². The zero-order valence-corrected chi connectivity index (χ0v) is 26.1. The molecule has 0 heterocycles. The fourth-order valence-corrected chi connectivity index (χ4v) is 9.33. The van der Waals surface area contributed by atoms with Crippen molar-refractivity contribution in [1.82, 2.24) is 0 Å². The van der Waals surface area contributed by atoms with E-state index in [-0.39, 0.29) is 41.6 Å². The van der Waals surface area contributed by atoms with Crippen LogP contribution >= 0.6 is 0 Å². The van der Waals surface area contributed by atoms with E-state index in [0.717, 1.165) is 38.5 Å². The van der Waals surface area contributed by atoms with Crippen LogP contribution < -0.4 is 0 Å². The van der Waals surface area contributed by atoms with E-state index in [1.807, 2.05) is 6.08 Å². The molecule has 238 valence electrons. The van der Waals surface area contributed by atoms with Gasteiger partial charge in [-0.25, -0.2) is 0 Å². The van der Waals surface area contributed by atoms with Crippen molar-refractivity contribution < 1.29 is 23.4 Å². The van der Waals surface area contributed by atoms with Gasteiger partial charge < -0.3 is 10.2 Å². The molecule has 0 bridgehead atoms. The molecular formula is C37H57F3O2. The lowest BCUT2D eigenvalue weighted by Gasteiger charge is -2.44. The summed E-state index contributed by atoms with van der Waals surface area (Å²) < 4.78 is 43.0. The maximum absolute atomic E-state index is 14.3. The molecule has 0 radical (unpaired) electrons. The molecule has 7 unspecified atom stereocenters. The van der Waals surface area contributed by atoms with Crippen LogP contribution in [0.2, 0.25) is 0 Å². The third kappa shape index (κ3) is 8.43. The molecule has 4 saturated carbocycles. The van der Waals surface area contributed by atoms with E-state index < -0.39 is 18.2 Å². The van der Waals surface area contributed by atoms with Gasteiger partial charge in [-0.2, -0.15) is 13.2 Å². The number of hydrogen-bond donors (Lipinski definition) is 2. The van der Waals surface area contributed by atoms with Crippen molar-refractivity contribution >= 4 is 0 Å². The second-order valence-corrected chi connectivity index (χ2v) is 14.9. The second kappa shape index (κ2) is 14.6. The van der Waals surface area contributed by atoms with Gasteiger partial charge in [-0.15, -0.1) is 0 Å². The first kappa shape index (κ1) is 33.6. The lowest BCUT2D eigenvalue weighted by Crippen LogP contribution is -2.40. The predicted octanol–water partition coefficient (Wildman–Crippen LogP) is 10.1. The fraction of sp³-hybridized carbons (Fsp3) is 0.784. The van der Waals surface area contributed by atoms with Gasteiger partial charge in [0.15, 0.2) is 0 Å². The standard InChI is InChI=1S/C37H57F3O2/c1-5-6-18-36(19-8-7-9-20-36)24-26(3)33-22-31(13-10-25(33)2)35(42)27(4)29-14-15-30(34(23-29)37(38,39)40)21-28-11-16-32(41)17-12-28/h5-6,18,25,28-35,41-42H,1,3-4,7-17,19-24H2,2H3. The topological polar surface area (TPSA) is 40.5 Å². The minimum atomic E-state index is -4.24. The Morgan fingerprint density at radius 2 is 1.64 bits per heavy atom. The zero-order valence-electron chi connectivity index (χ0n) is 26.1. The molecule has 0 spiro atoms. The van der Waals surface area contributed by atoms with Crippen LogP contribution in [0.4, 0.5) is 13.2 Å². The minimum absolute atomic E-state index is 0.0252. The van der Waals surface area contributed by atoms with Crippen LogP contribution in [0, 0.1) is 46.8 Å². The Kier molecular flexibility index (Phi) is 11.7. The van der Waals surface area contributed by atoms with E-state index in [4.69, 9.17) is 0 Å². The largest absolute Gasteiger partial charge is 0.393 e. The second-order valence-electron chi connectivity index (χ2n) is 14.9. The Balaban J connectivity index is 1.38. The van der Waals surface area contributed by atoms with E-state index in [9.17, 15) is 23.4 Å². The number of rotatable bonds is 10. The van der Waals surface area contributed by atoms with Crippen molar-refractivity contribution in [2.45, 2.75) is 134 Å². The normalized spacial score (nSPS) is 36.8. The monoisotopic (exact) mass is 590 g/mol. The van der Waals surface area contributed by atoms with Gasteiger partial charge in [-0.05, 0) is 136 Å². The molecule has 5 heteroatoms. The molecule has 7 atom stereocenters. The highest BCUT2D eigenvalue weighted by atomic mass is 19.4. The van der Waals surface area contributed by atoms with Gasteiger partial charge in [0.2, 0.25) is 0 Å². The molecule has 2 N–H and O–H groups in total. The summed E-state index contributed by atoms with van der Waals surface area (Å²) in [5, 5.41) is 21.4. The summed E-state index contributed by atoms with van der Waals surface area (Å²) in [6.07, 6.45) is 15.8. The molecule has 42 heavy (non-hydrogen) atoms. The van der Waals surface area contributed by atoms with Crippen molar-refractivity contribution in [3.8, 4) is 0 Å². The summed E-state index contributed by atoms with van der Waals surface area (Å²) in [4.78, 5) is 0. The molecule has 0 aromatic heterocycles. The molecule has 4 aliphatic rings. The maximum atomic E-state index is 14.3. The SMILES string of the molecule is C=CC=CC1(CC(=C)C2CC(C(O)C(=C)C3CCC(CC4CCC(O)CC4)C(C(F)(F)F)C3)CCC2C)CCCCC1. The zero-order chi connectivity index (χ0) is 30.5. The smallest absolute Gasteiger partial charge is 0.392 e. The van der Waals surface area contributed by atoms with Crippen LogP contribution in [0.3, 0.4) is 0 Å². The quantitative estimate of drug-likeness (QED) is 0.196. The van der Waals surface area contributed by atoms with Gasteiger partial charge >= 0.3 is 6.18 Å². The first-order valence-corrected chi connectivity index (χ1v) is 17.0. The average molecular weight is 591 g/mol. The first-order chi connectivity index (χ1) is 19.9. The van der Waals surface area contributed by atoms with Gasteiger partial charge in [0.05, 0.1) is 18.1 Å². The highest BCUT2D eigenvalue weighted by Crippen LogP contribution is 2.51. The van der Waals surface area contributed by atoms with Crippen LogP contribution in [0.1, 0.15) is 116 Å². The Bertz CT molecular complexity index is 937. The predicted molar refractivity (Wildman–Crippen MR) is 167 cm³/mol. The highest BCUT2D eigenvalue weighted by molar-refractivity contribution is 5.17. The van der Waals surface area contributed by atoms with Crippen LogP contribution in [0.25, 0.3) is 0 Å². The van der Waals surface area contributed by atoms with Gasteiger partial charge in [0.25, 0.3) is 0 Å². The Labute approximate surface area is 253 Å². The van der Waals surface area contributed by atoms with Crippen LogP contribution in [0.15, 0.2) is 49.1 Å². The third-order valence-corrected chi connectivity index (χ3v) is 12.0. The number of aliphatic hydroxyl groups is 2. The van der Waals surface area contributed by atoms with Crippen LogP contribution in [0.5, 0.6) is 0 Å². The molecule has 0 aromatic rings. The van der Waals surface area contributed by atoms with Crippen LogP contribution in [-0.4, -0.2) is 28.6 Å². The van der Waals surface area contributed by atoms with E-state index in [0.29, 0.717) is 49.5 Å². The summed E-state index contributed by atoms with van der Waals surface area (Å²) >= 11 is 0. The van der Waals surface area contributed by atoms with Crippen molar-refractivity contribution in [3.63, 3.8) is 0 Å². The maximum Gasteiger partial charge on any atom is 0.392 e. The van der Waals surface area contributed by atoms with E-state index in [1.165, 1.54) is 37.7 Å². The summed E-state index contributed by atoms with van der Waals surface area (Å²) in [7, 11) is 0. The van der Waals surface area contributed by atoms with Gasteiger partial charge in [0, 0.05) is 0 Å². The lowest BCUT2D eigenvalue weighted by atomic mass is 9.63. The van der Waals surface area contributed by atoms with Crippen molar-refractivity contribution in [3.05, 3.63) is 49.1 Å². The van der Waals surface area contributed by atoms with E-state index in [1.54, 1.807) is 0 Å². The molecule has 0 aliphatic heterocycles. The number of aliphatic hydroxyl groups excluding tert-OH is 2. The molecule has 0 aromatic carbocycles. The summed E-state index contributed by atoms with van der Waals surface area (Å²) in [6, 6.07) is 0. The molecule has 2 nitrogen and oxygen atoms in total. The Morgan fingerprint density at radius 1 is 0.952 bits per heavy atom. The summed E-state index contributed by atoms with van der Waals surface area (Å²) in [5.41, 5.74) is 2.04. The molecule has 4 fully saturated rings. The minimum Gasteiger partial charge on any atom is -0.393 e. The number of allylic oxidation sites excluding steroid dienone is 4. The molecule has 0 saturated heterocycles. The van der Waals surface area contributed by atoms with Crippen molar-refractivity contribution in [2.24, 2.45) is 46.8 Å². The summed E-state index contributed by atoms with van der Waals surface area (Å²) in [6.45, 7) is 15.0. The van der Waals surface area contributed by atoms with Gasteiger partial charge in [0.1, 0.15) is 0 Å². The number of alkyl halides is 3. The average Bonchev–Trinajstić information content (AvgIpc) is 2.97. The Morgan fingerprint density at radius 3 is 2.29 bits per heavy atom. The van der Waals surface area contributed by atoms with E-state index >= 15 is 0 Å². The Hall–Kier alpha value is -1.33. The van der Waals surface area contributed by atoms with Crippen LogP contribution in [-0.2, 0) is 0 Å². The third-order valence-electron chi connectivity index (χ3n) is 12.0. The van der Waals surface area contributed by atoms with Gasteiger partial charge in [-0.1, -0.05) is 69.7 Å². The molecule has 4 rings (SSSR count). The molecule has 0 amide bonds. The lowest BCUT2D eigenvalue weighted by molar-refractivity contribution is -0.202. The highest BCUT2D eigenvalue weighted by Gasteiger charge is 2.49. The summed E-state index contributed by atoms with van der Waals surface area (Å²) in [5.74, 6) is -0.871. The molecule has 4 aliphatic carbocycles. The van der Waals surface area contributed by atoms with Crippen molar-refractivity contribution in [1.29, 1.82) is 0 Å². The van der Waals surface area contributed by atoms with Gasteiger partial charge in [-0.3, -0.25) is 0 Å².